The lowest BCUT2D eigenvalue weighted by Crippen LogP contribution is -2.45. The van der Waals surface area contributed by atoms with Crippen LogP contribution in [0.2, 0.25) is 0 Å². The van der Waals surface area contributed by atoms with E-state index in [9.17, 15) is 12.8 Å². The second-order valence-corrected chi connectivity index (χ2v) is 12.3. The third kappa shape index (κ3) is 4.31. The highest BCUT2D eigenvalue weighted by Crippen LogP contribution is 2.42. The number of anilines is 1. The Kier molecular flexibility index (Phi) is 5.45. The van der Waals surface area contributed by atoms with Gasteiger partial charge in [-0.05, 0) is 79.1 Å². The average Bonchev–Trinajstić information content (AvgIpc) is 3.51. The fraction of sp³-hybridized carbons (Fsp3) is 0.423. The summed E-state index contributed by atoms with van der Waals surface area (Å²) in [5.74, 6) is 0.850. The van der Waals surface area contributed by atoms with Crippen LogP contribution in [0.4, 0.5) is 10.1 Å². The molecule has 1 atom stereocenters. The number of tetrazole rings is 1. The second kappa shape index (κ2) is 8.77. The van der Waals surface area contributed by atoms with E-state index >= 15 is 0 Å². The zero-order chi connectivity index (χ0) is 26.0. The van der Waals surface area contributed by atoms with Crippen LogP contribution in [0, 0.1) is 0 Å². The first kappa shape index (κ1) is 23.6. The monoisotopic (exact) mass is 534 g/mol. The normalized spacial score (nSPS) is 22.8. The van der Waals surface area contributed by atoms with E-state index in [-0.39, 0.29) is 24.9 Å². The van der Waals surface area contributed by atoms with Crippen LogP contribution in [0.1, 0.15) is 48.4 Å². The van der Waals surface area contributed by atoms with Crippen LogP contribution in [0.3, 0.4) is 0 Å². The van der Waals surface area contributed by atoms with Gasteiger partial charge in [-0.15, -0.1) is 10.2 Å². The summed E-state index contributed by atoms with van der Waals surface area (Å²) in [6.07, 6.45) is 6.40. The van der Waals surface area contributed by atoms with Gasteiger partial charge in [-0.1, -0.05) is 0 Å². The summed E-state index contributed by atoms with van der Waals surface area (Å²) in [5, 5.41) is 17.0. The highest BCUT2D eigenvalue weighted by atomic mass is 32.2. The second-order valence-electron chi connectivity index (χ2n) is 10.6. The molecule has 12 heteroatoms. The minimum atomic E-state index is -3.85. The number of nitrogens with one attached hydrogen (secondary N) is 2. The fourth-order valence-corrected chi connectivity index (χ4v) is 7.29. The molecule has 0 amide bonds. The first-order valence-electron chi connectivity index (χ1n) is 12.9. The Bertz CT molecular complexity index is 1650. The molecule has 3 aromatic heterocycles. The van der Waals surface area contributed by atoms with Crippen LogP contribution >= 0.6 is 0 Å². The predicted octanol–water partition coefficient (Wildman–Crippen LogP) is 3.06. The molecule has 0 saturated heterocycles. The maximum absolute atomic E-state index is 13.7. The number of pyridine rings is 2. The van der Waals surface area contributed by atoms with Gasteiger partial charge in [-0.2, -0.15) is 4.80 Å². The Balaban J connectivity index is 1.20. The lowest BCUT2D eigenvalue weighted by Gasteiger charge is -2.30. The van der Waals surface area contributed by atoms with Gasteiger partial charge in [-0.25, -0.2) is 17.5 Å². The largest absolute Gasteiger partial charge is 0.380 e. The van der Waals surface area contributed by atoms with Crippen LogP contribution in [-0.4, -0.2) is 56.8 Å². The molecule has 10 nitrogen and oxygen atoms in total. The molecule has 1 aromatic carbocycles. The van der Waals surface area contributed by atoms with Gasteiger partial charge >= 0.3 is 0 Å². The molecule has 0 radical (unpaired) electrons. The Hall–Kier alpha value is -3.51. The number of hydrogen-bond acceptors (Lipinski definition) is 8. The first-order valence-corrected chi connectivity index (χ1v) is 14.4. The summed E-state index contributed by atoms with van der Waals surface area (Å²) in [6, 6.07) is 7.38. The summed E-state index contributed by atoms with van der Waals surface area (Å²) in [5.41, 5.74) is 4.19. The van der Waals surface area contributed by atoms with Crippen molar-refractivity contribution >= 4 is 26.5 Å². The number of hydrogen-bond donors (Lipinski definition) is 2. The Morgan fingerprint density at radius 3 is 2.58 bits per heavy atom. The molecule has 38 heavy (non-hydrogen) atoms. The smallest absolute Gasteiger partial charge is 0.241 e. The third-order valence-corrected chi connectivity index (χ3v) is 9.29. The Morgan fingerprint density at radius 1 is 1.05 bits per heavy atom. The molecular weight excluding hydrogens is 507 g/mol. The van der Waals surface area contributed by atoms with E-state index < -0.39 is 16.2 Å². The number of aromatic nitrogens is 6. The number of nitrogens with zero attached hydrogens (tertiary/aromatic N) is 6. The summed E-state index contributed by atoms with van der Waals surface area (Å²) in [7, 11) is -2.16. The third-order valence-electron chi connectivity index (χ3n) is 7.65. The van der Waals surface area contributed by atoms with Crippen molar-refractivity contribution in [3.63, 3.8) is 0 Å². The molecule has 3 heterocycles. The van der Waals surface area contributed by atoms with E-state index in [1.165, 1.54) is 4.80 Å². The number of alkyl halides is 1. The minimum Gasteiger partial charge on any atom is -0.380 e. The van der Waals surface area contributed by atoms with Crippen LogP contribution < -0.4 is 10.0 Å². The van der Waals surface area contributed by atoms with E-state index in [4.69, 9.17) is 0 Å². The minimum absolute atomic E-state index is 0.00663. The van der Waals surface area contributed by atoms with E-state index in [0.717, 1.165) is 40.7 Å². The zero-order valence-corrected chi connectivity index (χ0v) is 21.6. The number of sulfonamides is 1. The van der Waals surface area contributed by atoms with Crippen molar-refractivity contribution in [3.05, 3.63) is 53.5 Å². The average molecular weight is 535 g/mol. The fourth-order valence-electron chi connectivity index (χ4n) is 5.54. The maximum Gasteiger partial charge on any atom is 0.241 e. The molecule has 2 saturated carbocycles. The predicted molar refractivity (Wildman–Crippen MR) is 139 cm³/mol. The number of fused-ring (bicyclic) bond motifs is 2. The van der Waals surface area contributed by atoms with Crippen LogP contribution in [0.15, 0.2) is 41.6 Å². The molecule has 0 unspecified atom stereocenters. The maximum atomic E-state index is 13.7. The molecule has 2 N–H and O–H groups in total. The van der Waals surface area contributed by atoms with Crippen molar-refractivity contribution in [1.29, 1.82) is 0 Å². The van der Waals surface area contributed by atoms with Crippen molar-refractivity contribution in [2.75, 3.05) is 5.32 Å². The van der Waals surface area contributed by atoms with Crippen LogP contribution in [0.5, 0.6) is 0 Å². The van der Waals surface area contributed by atoms with E-state index in [1.54, 1.807) is 19.4 Å². The number of rotatable bonds is 7. The summed E-state index contributed by atoms with van der Waals surface area (Å²) in [6.45, 7) is 0. The molecule has 3 aliphatic rings. The van der Waals surface area contributed by atoms with Crippen LogP contribution in [0.25, 0.3) is 22.3 Å². The summed E-state index contributed by atoms with van der Waals surface area (Å²) in [4.78, 5) is 10.8. The van der Waals surface area contributed by atoms with Gasteiger partial charge < -0.3 is 5.32 Å². The van der Waals surface area contributed by atoms with Crippen molar-refractivity contribution < 1.29 is 12.8 Å². The highest BCUT2D eigenvalue weighted by Gasteiger charge is 2.37. The van der Waals surface area contributed by atoms with E-state index in [2.05, 4.69) is 41.5 Å². The standard InChI is InChI=1S/C26H27FN8O2S/c1-35-32-26(31-34-35)23-5-4-18(13-29-23)30-19-7-15-6-16-12-28-24(14-2-3-14)11-22(16)25(21(15)10-19)38(36,37)33-20-8-17(27)9-20/h4-6,11-14,17,19-20,30,33H,2-3,7-10H2,1H3/t17?,19-,20?/m1/s1. The quantitative estimate of drug-likeness (QED) is 0.370. The molecule has 0 aliphatic heterocycles. The van der Waals surface area contributed by atoms with E-state index in [1.807, 2.05) is 18.2 Å². The Morgan fingerprint density at radius 2 is 1.89 bits per heavy atom. The highest BCUT2D eigenvalue weighted by molar-refractivity contribution is 7.89. The molecule has 3 aliphatic carbocycles. The van der Waals surface area contributed by atoms with Gasteiger partial charge in [0.05, 0.1) is 23.8 Å². The summed E-state index contributed by atoms with van der Waals surface area (Å²) < 4.78 is 43.8. The van der Waals surface area contributed by atoms with Gasteiger partial charge in [-0.3, -0.25) is 9.97 Å². The number of benzene rings is 1. The zero-order valence-electron chi connectivity index (χ0n) is 20.8. The molecular formula is C26H27FN8O2S. The van der Waals surface area contributed by atoms with Gasteiger partial charge in [0.1, 0.15) is 11.9 Å². The van der Waals surface area contributed by atoms with Gasteiger partial charge in [0.25, 0.3) is 0 Å². The van der Waals surface area contributed by atoms with Gasteiger partial charge in [0, 0.05) is 40.7 Å². The van der Waals surface area contributed by atoms with Gasteiger partial charge in [0.15, 0.2) is 0 Å². The van der Waals surface area contributed by atoms with Crippen molar-refractivity contribution in [2.24, 2.45) is 7.05 Å². The Labute approximate surface area is 219 Å². The number of aryl methyl sites for hydroxylation is 1. The first-order chi connectivity index (χ1) is 18.3. The summed E-state index contributed by atoms with van der Waals surface area (Å²) >= 11 is 0. The van der Waals surface area contributed by atoms with Crippen molar-refractivity contribution in [1.82, 2.24) is 34.9 Å². The molecule has 4 aromatic rings. The molecule has 196 valence electrons. The lowest BCUT2D eigenvalue weighted by molar-refractivity contribution is 0.171. The number of halogens is 1. The molecule has 7 rings (SSSR count). The van der Waals surface area contributed by atoms with Crippen molar-refractivity contribution in [3.8, 4) is 11.5 Å². The van der Waals surface area contributed by atoms with Gasteiger partial charge in [0.2, 0.25) is 15.8 Å². The topological polar surface area (TPSA) is 128 Å². The van der Waals surface area contributed by atoms with E-state index in [0.29, 0.717) is 40.6 Å². The van der Waals surface area contributed by atoms with Crippen molar-refractivity contribution in [2.45, 2.75) is 67.6 Å². The molecule has 0 spiro atoms. The SMILES string of the molecule is Cn1nnc(-c2ccc(N[C@@H]3Cc4cc5cnc(C6CC6)cc5c(S(=O)(=O)NC5CC(F)C5)c4C3)cn2)n1. The van der Waals surface area contributed by atoms with Crippen LogP contribution in [-0.2, 0) is 29.9 Å². The molecule has 0 bridgehead atoms. The molecule has 2 fully saturated rings. The lowest BCUT2D eigenvalue weighted by atomic mass is 9.92.